The minimum absolute atomic E-state index is 0.297. The molecule has 5 heteroatoms. The normalized spacial score (nSPS) is 19.7. The third-order valence-corrected chi connectivity index (χ3v) is 3.28. The van der Waals surface area contributed by atoms with Gasteiger partial charge in [0, 0.05) is 7.05 Å². The smallest absolute Gasteiger partial charge is 0.162 e. The number of methoxy groups -OCH3 is 1. The quantitative estimate of drug-likeness (QED) is 0.784. The molecular formula is C11H19N3O2. The Hall–Kier alpha value is -1.07. The predicted octanol–water partition coefficient (Wildman–Crippen LogP) is 0.462. The number of aryl methyl sites for hydroxylation is 1. The molecule has 1 aliphatic heterocycles. The van der Waals surface area contributed by atoms with E-state index in [0.29, 0.717) is 11.7 Å². The Morgan fingerprint density at radius 2 is 2.25 bits per heavy atom. The zero-order valence-electron chi connectivity index (χ0n) is 9.81. The minimum Gasteiger partial charge on any atom is -0.493 e. The van der Waals surface area contributed by atoms with Crippen LogP contribution < -0.4 is 10.1 Å². The molecule has 2 N–H and O–H groups in total. The van der Waals surface area contributed by atoms with Crippen LogP contribution in [0.4, 0.5) is 0 Å². The van der Waals surface area contributed by atoms with Crippen LogP contribution in [0.25, 0.3) is 0 Å². The molecule has 16 heavy (non-hydrogen) atoms. The fraction of sp³-hybridized carbons (Fsp3) is 0.727. The third kappa shape index (κ3) is 2.05. The van der Waals surface area contributed by atoms with Gasteiger partial charge in [0.05, 0.1) is 13.3 Å². The van der Waals surface area contributed by atoms with Gasteiger partial charge in [0.2, 0.25) is 0 Å². The molecule has 0 radical (unpaired) electrons. The molecule has 0 aromatic carbocycles. The van der Waals surface area contributed by atoms with Crippen LogP contribution in [0, 0.1) is 5.92 Å². The van der Waals surface area contributed by atoms with Crippen LogP contribution in [-0.4, -0.2) is 35.1 Å². The van der Waals surface area contributed by atoms with Crippen LogP contribution >= 0.6 is 0 Å². The molecule has 2 rings (SSSR count). The summed E-state index contributed by atoms with van der Waals surface area (Å²) in [4.78, 5) is 0. The van der Waals surface area contributed by atoms with Crippen LogP contribution in [0.5, 0.6) is 5.75 Å². The summed E-state index contributed by atoms with van der Waals surface area (Å²) in [5.74, 6) is 0.971. The molecule has 0 amide bonds. The van der Waals surface area contributed by atoms with Gasteiger partial charge in [-0.2, -0.15) is 5.10 Å². The molecule has 1 aliphatic rings. The van der Waals surface area contributed by atoms with Crippen molar-refractivity contribution in [3.63, 3.8) is 0 Å². The number of hydrogen-bond donors (Lipinski definition) is 2. The van der Waals surface area contributed by atoms with E-state index in [1.165, 1.54) is 0 Å². The Morgan fingerprint density at radius 3 is 2.88 bits per heavy atom. The first kappa shape index (κ1) is 11.4. The molecule has 1 fully saturated rings. The molecule has 1 saturated heterocycles. The average molecular weight is 225 g/mol. The molecule has 1 aromatic rings. The van der Waals surface area contributed by atoms with Gasteiger partial charge in [0.25, 0.3) is 0 Å². The molecular weight excluding hydrogens is 206 g/mol. The van der Waals surface area contributed by atoms with Crippen molar-refractivity contribution in [1.29, 1.82) is 0 Å². The maximum absolute atomic E-state index is 10.4. The van der Waals surface area contributed by atoms with E-state index in [2.05, 4.69) is 10.4 Å². The van der Waals surface area contributed by atoms with Crippen LogP contribution in [0.1, 0.15) is 24.6 Å². The summed E-state index contributed by atoms with van der Waals surface area (Å²) in [5.41, 5.74) is 0.786. The lowest BCUT2D eigenvalue weighted by Crippen LogP contribution is -2.31. The molecule has 5 nitrogen and oxygen atoms in total. The second kappa shape index (κ2) is 4.84. The zero-order chi connectivity index (χ0) is 11.5. The number of ether oxygens (including phenoxy) is 1. The lowest BCUT2D eigenvalue weighted by atomic mass is 9.90. The van der Waals surface area contributed by atoms with Gasteiger partial charge in [-0.1, -0.05) is 0 Å². The molecule has 0 spiro atoms. The number of hydrogen-bond acceptors (Lipinski definition) is 4. The molecule has 1 aromatic heterocycles. The monoisotopic (exact) mass is 225 g/mol. The summed E-state index contributed by atoms with van der Waals surface area (Å²) in [5, 5.41) is 17.8. The van der Waals surface area contributed by atoms with E-state index in [0.717, 1.165) is 31.6 Å². The summed E-state index contributed by atoms with van der Waals surface area (Å²) < 4.78 is 6.92. The van der Waals surface area contributed by atoms with Crippen molar-refractivity contribution in [3.05, 3.63) is 11.9 Å². The van der Waals surface area contributed by atoms with E-state index in [1.807, 2.05) is 7.05 Å². The zero-order valence-corrected chi connectivity index (χ0v) is 9.81. The van der Waals surface area contributed by atoms with E-state index < -0.39 is 6.10 Å². The Morgan fingerprint density at radius 1 is 1.56 bits per heavy atom. The number of nitrogens with one attached hydrogen (secondary N) is 1. The Bertz CT molecular complexity index is 345. The highest BCUT2D eigenvalue weighted by molar-refractivity contribution is 5.27. The van der Waals surface area contributed by atoms with Crippen molar-refractivity contribution >= 4 is 0 Å². The first-order chi connectivity index (χ1) is 7.74. The highest BCUT2D eigenvalue weighted by Crippen LogP contribution is 2.33. The topological polar surface area (TPSA) is 59.3 Å². The largest absolute Gasteiger partial charge is 0.493 e. The molecule has 0 saturated carbocycles. The summed E-state index contributed by atoms with van der Waals surface area (Å²) in [7, 11) is 3.44. The van der Waals surface area contributed by atoms with Gasteiger partial charge < -0.3 is 15.2 Å². The van der Waals surface area contributed by atoms with E-state index >= 15 is 0 Å². The second-order valence-electron chi connectivity index (χ2n) is 4.25. The number of piperidine rings is 1. The first-order valence-corrected chi connectivity index (χ1v) is 5.68. The SMILES string of the molecule is COc1cnn(C)c1C(O)C1CCNCC1. The van der Waals surface area contributed by atoms with Gasteiger partial charge in [0.15, 0.2) is 5.75 Å². The molecule has 2 heterocycles. The molecule has 0 bridgehead atoms. The molecule has 0 aliphatic carbocycles. The van der Waals surface area contributed by atoms with Crippen LogP contribution in [0.3, 0.4) is 0 Å². The van der Waals surface area contributed by atoms with Crippen LogP contribution in [0.2, 0.25) is 0 Å². The van der Waals surface area contributed by atoms with E-state index in [-0.39, 0.29) is 0 Å². The highest BCUT2D eigenvalue weighted by Gasteiger charge is 2.27. The van der Waals surface area contributed by atoms with Crippen LogP contribution in [0.15, 0.2) is 6.20 Å². The highest BCUT2D eigenvalue weighted by atomic mass is 16.5. The standard InChI is InChI=1S/C11H19N3O2/c1-14-10(9(16-2)7-13-14)11(15)8-3-5-12-6-4-8/h7-8,11-12,15H,3-6H2,1-2H3. The fourth-order valence-electron chi connectivity index (χ4n) is 2.30. The van der Waals surface area contributed by atoms with Crippen molar-refractivity contribution in [3.8, 4) is 5.75 Å². The van der Waals surface area contributed by atoms with Gasteiger partial charge in [-0.25, -0.2) is 0 Å². The van der Waals surface area contributed by atoms with Crippen LogP contribution in [-0.2, 0) is 7.05 Å². The fourth-order valence-corrected chi connectivity index (χ4v) is 2.30. The van der Waals surface area contributed by atoms with Crippen molar-refractivity contribution in [1.82, 2.24) is 15.1 Å². The number of rotatable bonds is 3. The lowest BCUT2D eigenvalue weighted by molar-refractivity contribution is 0.0792. The van der Waals surface area contributed by atoms with Gasteiger partial charge in [-0.15, -0.1) is 0 Å². The Kier molecular flexibility index (Phi) is 3.46. The second-order valence-corrected chi connectivity index (χ2v) is 4.25. The van der Waals surface area contributed by atoms with E-state index in [1.54, 1.807) is 18.0 Å². The molecule has 1 atom stereocenters. The maximum Gasteiger partial charge on any atom is 0.162 e. The minimum atomic E-state index is -0.482. The number of aliphatic hydroxyl groups is 1. The third-order valence-electron chi connectivity index (χ3n) is 3.28. The number of aromatic nitrogens is 2. The summed E-state index contributed by atoms with van der Waals surface area (Å²) in [6, 6.07) is 0. The number of aliphatic hydroxyl groups excluding tert-OH is 1. The average Bonchev–Trinajstić information content (AvgIpc) is 2.70. The van der Waals surface area contributed by atoms with Gasteiger partial charge in [0.1, 0.15) is 11.8 Å². The van der Waals surface area contributed by atoms with Gasteiger partial charge >= 0.3 is 0 Å². The van der Waals surface area contributed by atoms with Crippen molar-refractivity contribution in [2.24, 2.45) is 13.0 Å². The van der Waals surface area contributed by atoms with Gasteiger partial charge in [-0.05, 0) is 31.8 Å². The van der Waals surface area contributed by atoms with Crippen molar-refractivity contribution < 1.29 is 9.84 Å². The lowest BCUT2D eigenvalue weighted by Gasteiger charge is -2.27. The molecule has 90 valence electrons. The predicted molar refractivity (Wildman–Crippen MR) is 60.3 cm³/mol. The van der Waals surface area contributed by atoms with Crippen molar-refractivity contribution in [2.75, 3.05) is 20.2 Å². The Labute approximate surface area is 95.4 Å². The molecule has 1 unspecified atom stereocenters. The summed E-state index contributed by atoms with van der Waals surface area (Å²) >= 11 is 0. The van der Waals surface area contributed by atoms with Gasteiger partial charge in [-0.3, -0.25) is 4.68 Å². The van der Waals surface area contributed by atoms with E-state index in [4.69, 9.17) is 4.74 Å². The van der Waals surface area contributed by atoms with E-state index in [9.17, 15) is 5.11 Å². The Balaban J connectivity index is 2.18. The number of nitrogens with zero attached hydrogens (tertiary/aromatic N) is 2. The summed E-state index contributed by atoms with van der Waals surface area (Å²) in [6.45, 7) is 1.95. The van der Waals surface area contributed by atoms with Crippen molar-refractivity contribution in [2.45, 2.75) is 18.9 Å². The first-order valence-electron chi connectivity index (χ1n) is 5.68. The summed E-state index contributed by atoms with van der Waals surface area (Å²) in [6.07, 6.45) is 3.16. The maximum atomic E-state index is 10.4.